The molecule has 2 rings (SSSR count). The number of nitrogens with zero attached hydrogens (tertiary/aromatic N) is 1. The molecular formula is C13H18N2O2S. The van der Waals surface area contributed by atoms with Crippen molar-refractivity contribution in [1.82, 2.24) is 0 Å². The van der Waals surface area contributed by atoms with Crippen molar-refractivity contribution in [3.8, 4) is 0 Å². The van der Waals surface area contributed by atoms with Gasteiger partial charge in [0, 0.05) is 34.4 Å². The molecule has 5 heteroatoms. The Morgan fingerprint density at radius 1 is 1.39 bits per heavy atom. The number of nitrogens with one attached hydrogen (secondary N) is 1. The van der Waals surface area contributed by atoms with Gasteiger partial charge < -0.3 is 5.32 Å². The molecule has 1 aliphatic heterocycles. The van der Waals surface area contributed by atoms with E-state index < -0.39 is 0 Å². The van der Waals surface area contributed by atoms with Crippen LogP contribution in [0.5, 0.6) is 0 Å². The van der Waals surface area contributed by atoms with Crippen LogP contribution in [0.4, 0.5) is 11.4 Å². The van der Waals surface area contributed by atoms with Crippen molar-refractivity contribution in [3.05, 3.63) is 33.4 Å². The molecule has 1 aromatic carbocycles. The van der Waals surface area contributed by atoms with Crippen molar-refractivity contribution in [2.45, 2.75) is 38.5 Å². The summed E-state index contributed by atoms with van der Waals surface area (Å²) in [4.78, 5) is 10.5. The van der Waals surface area contributed by atoms with E-state index in [0.29, 0.717) is 16.9 Å². The fraction of sp³-hybridized carbons (Fsp3) is 0.538. The Kier molecular flexibility index (Phi) is 3.80. The van der Waals surface area contributed by atoms with Gasteiger partial charge in [0.2, 0.25) is 0 Å². The van der Waals surface area contributed by atoms with Gasteiger partial charge >= 0.3 is 0 Å². The van der Waals surface area contributed by atoms with Crippen LogP contribution in [0, 0.1) is 24.0 Å². The molecule has 1 fully saturated rings. The lowest BCUT2D eigenvalue weighted by atomic mass is 10.1. The van der Waals surface area contributed by atoms with Crippen LogP contribution in [-0.2, 0) is 0 Å². The first kappa shape index (κ1) is 13.2. The molecule has 0 saturated carbocycles. The van der Waals surface area contributed by atoms with E-state index in [-0.39, 0.29) is 10.6 Å². The summed E-state index contributed by atoms with van der Waals surface area (Å²) in [5.41, 5.74) is 2.88. The van der Waals surface area contributed by atoms with E-state index >= 15 is 0 Å². The van der Waals surface area contributed by atoms with Crippen molar-refractivity contribution >= 4 is 23.1 Å². The Balaban J connectivity index is 2.19. The first-order valence-corrected chi connectivity index (χ1v) is 7.16. The van der Waals surface area contributed by atoms with E-state index in [1.54, 1.807) is 13.0 Å². The van der Waals surface area contributed by atoms with Gasteiger partial charge in [-0.15, -0.1) is 0 Å². The third-order valence-corrected chi connectivity index (χ3v) is 4.65. The Morgan fingerprint density at radius 2 is 2.11 bits per heavy atom. The number of thioether (sulfide) groups is 1. The van der Waals surface area contributed by atoms with E-state index in [4.69, 9.17) is 0 Å². The van der Waals surface area contributed by atoms with E-state index in [2.05, 4.69) is 12.2 Å². The van der Waals surface area contributed by atoms with Gasteiger partial charge in [0.15, 0.2) is 0 Å². The van der Waals surface area contributed by atoms with Crippen LogP contribution in [0.3, 0.4) is 0 Å². The van der Waals surface area contributed by atoms with Gasteiger partial charge in [-0.05, 0) is 31.9 Å². The molecule has 1 heterocycles. The monoisotopic (exact) mass is 266 g/mol. The molecule has 0 radical (unpaired) electrons. The minimum absolute atomic E-state index is 0.201. The maximum absolute atomic E-state index is 10.9. The zero-order chi connectivity index (χ0) is 13.3. The standard InChI is InChI=1S/C13H18N2O2S/c1-8-5-13(15(16)17)9(2)4-12(8)14-11-6-10(3)18-7-11/h4-5,10-11,14H,6-7H2,1-3H3. The van der Waals surface area contributed by atoms with Gasteiger partial charge in [0.25, 0.3) is 5.69 Å². The fourth-order valence-corrected chi connectivity index (χ4v) is 3.44. The molecule has 1 aromatic rings. The number of nitro benzene ring substituents is 1. The SMILES string of the molecule is Cc1cc([N+](=O)[O-])c(C)cc1NC1CSC(C)C1. The van der Waals surface area contributed by atoms with E-state index in [1.165, 1.54) is 0 Å². The largest absolute Gasteiger partial charge is 0.381 e. The van der Waals surface area contributed by atoms with Gasteiger partial charge in [0.1, 0.15) is 0 Å². The van der Waals surface area contributed by atoms with Crippen LogP contribution < -0.4 is 5.32 Å². The summed E-state index contributed by atoms with van der Waals surface area (Å²) in [5, 5.41) is 15.1. The van der Waals surface area contributed by atoms with Crippen LogP contribution in [0.2, 0.25) is 0 Å². The molecule has 4 nitrogen and oxygen atoms in total. The Morgan fingerprint density at radius 3 is 2.67 bits per heavy atom. The molecule has 0 aliphatic carbocycles. The topological polar surface area (TPSA) is 55.2 Å². The summed E-state index contributed by atoms with van der Waals surface area (Å²) in [7, 11) is 0. The number of nitro groups is 1. The number of anilines is 1. The predicted octanol–water partition coefficient (Wildman–Crippen LogP) is 3.52. The van der Waals surface area contributed by atoms with E-state index in [1.807, 2.05) is 24.8 Å². The second-order valence-electron chi connectivity index (χ2n) is 4.93. The van der Waals surface area contributed by atoms with Crippen LogP contribution in [-0.4, -0.2) is 22.0 Å². The highest BCUT2D eigenvalue weighted by atomic mass is 32.2. The lowest BCUT2D eigenvalue weighted by molar-refractivity contribution is -0.385. The Labute approximate surface area is 111 Å². The average molecular weight is 266 g/mol. The van der Waals surface area contributed by atoms with Crippen molar-refractivity contribution in [1.29, 1.82) is 0 Å². The van der Waals surface area contributed by atoms with Gasteiger partial charge in [-0.2, -0.15) is 11.8 Å². The Bertz CT molecular complexity index is 476. The third kappa shape index (κ3) is 2.77. The van der Waals surface area contributed by atoms with Crippen molar-refractivity contribution in [2.75, 3.05) is 11.1 Å². The molecule has 1 aliphatic rings. The minimum Gasteiger partial charge on any atom is -0.381 e. The molecule has 2 unspecified atom stereocenters. The van der Waals surface area contributed by atoms with Crippen LogP contribution in [0.15, 0.2) is 12.1 Å². The summed E-state index contributed by atoms with van der Waals surface area (Å²) in [5.74, 6) is 1.11. The highest BCUT2D eigenvalue weighted by Gasteiger charge is 2.22. The average Bonchev–Trinajstić information content (AvgIpc) is 2.68. The molecule has 2 atom stereocenters. The third-order valence-electron chi connectivity index (χ3n) is 3.30. The smallest absolute Gasteiger partial charge is 0.272 e. The summed E-state index contributed by atoms with van der Waals surface area (Å²) in [6.45, 7) is 5.94. The Hall–Kier alpha value is -1.23. The zero-order valence-corrected chi connectivity index (χ0v) is 11.7. The van der Waals surface area contributed by atoms with Gasteiger partial charge in [-0.3, -0.25) is 10.1 Å². The second kappa shape index (κ2) is 5.18. The molecule has 0 bridgehead atoms. The highest BCUT2D eigenvalue weighted by Crippen LogP contribution is 2.31. The number of benzene rings is 1. The molecule has 0 spiro atoms. The maximum Gasteiger partial charge on any atom is 0.272 e. The quantitative estimate of drug-likeness (QED) is 0.672. The first-order valence-electron chi connectivity index (χ1n) is 6.11. The molecule has 1 saturated heterocycles. The zero-order valence-electron chi connectivity index (χ0n) is 10.9. The molecular weight excluding hydrogens is 248 g/mol. The second-order valence-corrected chi connectivity index (χ2v) is 6.40. The summed E-state index contributed by atoms with van der Waals surface area (Å²) < 4.78 is 0. The number of rotatable bonds is 3. The van der Waals surface area contributed by atoms with Crippen LogP contribution in [0.25, 0.3) is 0 Å². The summed E-state index contributed by atoms with van der Waals surface area (Å²) in [6.07, 6.45) is 1.15. The predicted molar refractivity (Wildman–Crippen MR) is 76.5 cm³/mol. The summed E-state index contributed by atoms with van der Waals surface area (Å²) >= 11 is 1.97. The number of hydrogen-bond donors (Lipinski definition) is 1. The fourth-order valence-electron chi connectivity index (χ4n) is 2.29. The lowest BCUT2D eigenvalue weighted by Crippen LogP contribution is -2.19. The normalized spacial score (nSPS) is 23.1. The molecule has 18 heavy (non-hydrogen) atoms. The first-order chi connectivity index (χ1) is 8.47. The van der Waals surface area contributed by atoms with Crippen LogP contribution >= 0.6 is 11.8 Å². The van der Waals surface area contributed by atoms with Crippen molar-refractivity contribution < 1.29 is 4.92 Å². The van der Waals surface area contributed by atoms with E-state index in [9.17, 15) is 10.1 Å². The van der Waals surface area contributed by atoms with E-state index in [0.717, 1.165) is 23.4 Å². The number of aryl methyl sites for hydroxylation is 2. The lowest BCUT2D eigenvalue weighted by Gasteiger charge is -2.16. The summed E-state index contributed by atoms with van der Waals surface area (Å²) in [6, 6.07) is 4.02. The van der Waals surface area contributed by atoms with Gasteiger partial charge in [-0.25, -0.2) is 0 Å². The van der Waals surface area contributed by atoms with Gasteiger partial charge in [-0.1, -0.05) is 6.92 Å². The molecule has 0 aromatic heterocycles. The molecule has 0 amide bonds. The van der Waals surface area contributed by atoms with Crippen molar-refractivity contribution in [2.24, 2.45) is 0 Å². The highest BCUT2D eigenvalue weighted by molar-refractivity contribution is 8.00. The van der Waals surface area contributed by atoms with Crippen LogP contribution in [0.1, 0.15) is 24.5 Å². The molecule has 1 N–H and O–H groups in total. The minimum atomic E-state index is -0.320. The molecule has 98 valence electrons. The maximum atomic E-state index is 10.9. The number of hydrogen-bond acceptors (Lipinski definition) is 4. The van der Waals surface area contributed by atoms with Gasteiger partial charge in [0.05, 0.1) is 4.92 Å². The van der Waals surface area contributed by atoms with Crippen molar-refractivity contribution in [3.63, 3.8) is 0 Å².